The Kier molecular flexibility index (Phi) is 5.13. The molecule has 0 aliphatic carbocycles. The molecule has 3 nitrogen and oxygen atoms in total. The van der Waals surface area contributed by atoms with Crippen LogP contribution < -0.4 is 5.32 Å². The number of halogens is 3. The lowest BCUT2D eigenvalue weighted by Gasteiger charge is -2.16. The van der Waals surface area contributed by atoms with E-state index in [-0.39, 0.29) is 11.8 Å². The minimum Gasteiger partial charge on any atom is -0.379 e. The van der Waals surface area contributed by atoms with Crippen LogP contribution in [0, 0.1) is 0 Å². The van der Waals surface area contributed by atoms with Gasteiger partial charge in [0.2, 0.25) is 0 Å². The molecule has 0 saturated carbocycles. The summed E-state index contributed by atoms with van der Waals surface area (Å²) >= 11 is 15.3. The molecule has 0 bridgehead atoms. The molecular weight excluding hydrogens is 349 g/mol. The normalized spacial score (nSPS) is 13.5. The van der Waals surface area contributed by atoms with Crippen LogP contribution in [-0.4, -0.2) is 26.5 Å². The number of sulfone groups is 1. The maximum atomic E-state index is 11.1. The molecule has 0 heterocycles. The second-order valence-corrected chi connectivity index (χ2v) is 7.80. The highest BCUT2D eigenvalue weighted by atomic mass is 79.9. The fourth-order valence-corrected chi connectivity index (χ4v) is 3.73. The number of nitrogens with one attached hydrogen (secondary N) is 1. The van der Waals surface area contributed by atoms with E-state index in [0.717, 1.165) is 4.47 Å². The average Bonchev–Trinajstić information content (AvgIpc) is 2.08. The van der Waals surface area contributed by atoms with Gasteiger partial charge in [-0.2, -0.15) is 0 Å². The van der Waals surface area contributed by atoms with Crippen molar-refractivity contribution in [3.8, 4) is 0 Å². The number of hydrogen-bond acceptors (Lipinski definition) is 3. The third kappa shape index (κ3) is 5.04. The standard InChI is InChI=1S/C10H12BrCl2NO2S/c1-6(5-17(2,15)16)14-10-8(12)3-7(11)4-9(10)13/h3-4,6,14H,5H2,1-2H3. The topological polar surface area (TPSA) is 46.2 Å². The Labute approximate surface area is 120 Å². The van der Waals surface area contributed by atoms with E-state index in [9.17, 15) is 8.42 Å². The zero-order valence-electron chi connectivity index (χ0n) is 9.30. The Bertz CT molecular complexity index is 496. The summed E-state index contributed by atoms with van der Waals surface area (Å²) in [6, 6.07) is 3.13. The summed E-state index contributed by atoms with van der Waals surface area (Å²) in [6.45, 7) is 1.76. The highest BCUT2D eigenvalue weighted by Crippen LogP contribution is 2.34. The van der Waals surface area contributed by atoms with Gasteiger partial charge in [-0.05, 0) is 19.1 Å². The Balaban J connectivity index is 2.89. The van der Waals surface area contributed by atoms with E-state index >= 15 is 0 Å². The van der Waals surface area contributed by atoms with Crippen molar-refractivity contribution in [3.05, 3.63) is 26.7 Å². The van der Waals surface area contributed by atoms with Gasteiger partial charge in [-0.15, -0.1) is 0 Å². The lowest BCUT2D eigenvalue weighted by Crippen LogP contribution is -2.25. The van der Waals surface area contributed by atoms with Crippen LogP contribution in [0.1, 0.15) is 6.92 Å². The minimum atomic E-state index is -3.04. The van der Waals surface area contributed by atoms with E-state index in [4.69, 9.17) is 23.2 Å². The smallest absolute Gasteiger partial charge is 0.149 e. The summed E-state index contributed by atoms with van der Waals surface area (Å²) in [5.41, 5.74) is 0.549. The highest BCUT2D eigenvalue weighted by molar-refractivity contribution is 9.10. The van der Waals surface area contributed by atoms with Gasteiger partial charge in [0.1, 0.15) is 9.84 Å². The molecule has 7 heteroatoms. The Hall–Kier alpha value is 0.0300. The van der Waals surface area contributed by atoms with Crippen LogP contribution in [-0.2, 0) is 9.84 Å². The molecule has 1 N–H and O–H groups in total. The molecule has 1 atom stereocenters. The number of anilines is 1. The first-order chi connectivity index (χ1) is 7.69. The van der Waals surface area contributed by atoms with Crippen molar-refractivity contribution in [2.75, 3.05) is 17.3 Å². The van der Waals surface area contributed by atoms with Crippen molar-refractivity contribution in [3.63, 3.8) is 0 Å². The molecule has 1 aromatic rings. The minimum absolute atomic E-state index is 0.0235. The molecule has 0 aliphatic heterocycles. The first kappa shape index (κ1) is 15.1. The van der Waals surface area contributed by atoms with Gasteiger partial charge >= 0.3 is 0 Å². The largest absolute Gasteiger partial charge is 0.379 e. The average molecular weight is 361 g/mol. The third-order valence-electron chi connectivity index (χ3n) is 1.95. The molecule has 1 aromatic carbocycles. The van der Waals surface area contributed by atoms with E-state index in [2.05, 4.69) is 21.2 Å². The molecule has 0 aliphatic rings. The molecule has 1 rings (SSSR count). The quantitative estimate of drug-likeness (QED) is 0.892. The van der Waals surface area contributed by atoms with Crippen LogP contribution >= 0.6 is 39.1 Å². The molecule has 0 amide bonds. The SMILES string of the molecule is CC(CS(C)(=O)=O)Nc1c(Cl)cc(Br)cc1Cl. The van der Waals surface area contributed by atoms with Gasteiger partial charge in [-0.3, -0.25) is 0 Å². The van der Waals surface area contributed by atoms with Crippen LogP contribution in [0.5, 0.6) is 0 Å². The maximum Gasteiger partial charge on any atom is 0.149 e. The first-order valence-corrected chi connectivity index (χ1v) is 8.39. The fraction of sp³-hybridized carbons (Fsp3) is 0.400. The van der Waals surface area contributed by atoms with E-state index in [1.807, 2.05) is 0 Å². The maximum absolute atomic E-state index is 11.1. The summed E-state index contributed by atoms with van der Waals surface area (Å²) in [4.78, 5) is 0. The van der Waals surface area contributed by atoms with Gasteiger partial charge in [0.05, 0.1) is 21.5 Å². The van der Waals surface area contributed by atoms with E-state index in [0.29, 0.717) is 15.7 Å². The zero-order chi connectivity index (χ0) is 13.2. The summed E-state index contributed by atoms with van der Waals surface area (Å²) < 4.78 is 23.1. The first-order valence-electron chi connectivity index (χ1n) is 4.78. The predicted octanol–water partition coefficient (Wildman–Crippen LogP) is 3.60. The number of rotatable bonds is 4. The van der Waals surface area contributed by atoms with Crippen molar-refractivity contribution >= 4 is 54.7 Å². The highest BCUT2D eigenvalue weighted by Gasteiger charge is 2.14. The molecular formula is C10H12BrCl2NO2S. The number of hydrogen-bond donors (Lipinski definition) is 1. The van der Waals surface area contributed by atoms with E-state index in [1.165, 1.54) is 6.26 Å². The van der Waals surface area contributed by atoms with Crippen LogP contribution in [0.3, 0.4) is 0 Å². The molecule has 96 valence electrons. The summed E-state index contributed by atoms with van der Waals surface area (Å²) in [5, 5.41) is 3.90. The van der Waals surface area contributed by atoms with E-state index in [1.54, 1.807) is 19.1 Å². The van der Waals surface area contributed by atoms with Crippen LogP contribution in [0.15, 0.2) is 16.6 Å². The van der Waals surface area contributed by atoms with Gasteiger partial charge < -0.3 is 5.32 Å². The number of benzene rings is 1. The van der Waals surface area contributed by atoms with E-state index < -0.39 is 9.84 Å². The summed E-state index contributed by atoms with van der Waals surface area (Å²) in [5.74, 6) is 0.0235. The second-order valence-electron chi connectivity index (χ2n) is 3.88. The van der Waals surface area contributed by atoms with Gasteiger partial charge in [0.15, 0.2) is 0 Å². The molecule has 0 aromatic heterocycles. The van der Waals surface area contributed by atoms with Crippen molar-refractivity contribution in [2.45, 2.75) is 13.0 Å². The van der Waals surface area contributed by atoms with Crippen LogP contribution in [0.25, 0.3) is 0 Å². The third-order valence-corrected chi connectivity index (χ3v) is 4.11. The molecule has 17 heavy (non-hydrogen) atoms. The summed E-state index contributed by atoms with van der Waals surface area (Å²) in [7, 11) is -3.04. The van der Waals surface area contributed by atoms with Crippen molar-refractivity contribution in [1.29, 1.82) is 0 Å². The second kappa shape index (κ2) is 5.78. The van der Waals surface area contributed by atoms with Crippen molar-refractivity contribution < 1.29 is 8.42 Å². The Morgan fingerprint density at radius 3 is 2.24 bits per heavy atom. The molecule has 0 fully saturated rings. The molecule has 0 saturated heterocycles. The van der Waals surface area contributed by atoms with Gasteiger partial charge in [0, 0.05) is 16.8 Å². The summed E-state index contributed by atoms with van der Waals surface area (Å²) in [6.07, 6.45) is 1.19. The van der Waals surface area contributed by atoms with Gasteiger partial charge in [-0.25, -0.2) is 8.42 Å². The zero-order valence-corrected chi connectivity index (χ0v) is 13.2. The molecule has 0 radical (unpaired) electrons. The lowest BCUT2D eigenvalue weighted by molar-refractivity contribution is 0.598. The Morgan fingerprint density at radius 2 is 1.82 bits per heavy atom. The predicted molar refractivity (Wildman–Crippen MR) is 77.0 cm³/mol. The molecule has 0 spiro atoms. The van der Waals surface area contributed by atoms with Crippen molar-refractivity contribution in [1.82, 2.24) is 0 Å². The van der Waals surface area contributed by atoms with Gasteiger partial charge in [0.25, 0.3) is 0 Å². The van der Waals surface area contributed by atoms with Crippen LogP contribution in [0.4, 0.5) is 5.69 Å². The monoisotopic (exact) mass is 359 g/mol. The van der Waals surface area contributed by atoms with Gasteiger partial charge in [-0.1, -0.05) is 39.1 Å². The van der Waals surface area contributed by atoms with Crippen molar-refractivity contribution in [2.24, 2.45) is 0 Å². The molecule has 1 unspecified atom stereocenters. The fourth-order valence-electron chi connectivity index (χ4n) is 1.42. The lowest BCUT2D eigenvalue weighted by atomic mass is 10.3. The van der Waals surface area contributed by atoms with Crippen LogP contribution in [0.2, 0.25) is 10.0 Å². The Morgan fingerprint density at radius 1 is 1.35 bits per heavy atom.